The summed E-state index contributed by atoms with van der Waals surface area (Å²) in [7, 11) is -4.25. The zero-order chi connectivity index (χ0) is 41.3. The topological polar surface area (TPSA) is 167 Å². The molecule has 58 heavy (non-hydrogen) atoms. The zero-order valence-electron chi connectivity index (χ0n) is 33.5. The van der Waals surface area contributed by atoms with E-state index in [0.717, 1.165) is 42.4 Å². The Bertz CT molecular complexity index is 2040. The number of carbonyl (C=O) groups excluding carboxylic acids is 1. The SMILES string of the molecule is C=CCOC12Oc3ccc(O)cc3C3C(CCCCO)C(CCCCO)C=C(C(=NOCc4ccccc4)CC1N(CCC)S(=O)(=O)c1ccc(NC(C)=O)cc1)C32. The Hall–Kier alpha value is -4.53. The van der Waals surface area contributed by atoms with Crippen molar-refractivity contribution in [2.75, 3.05) is 31.7 Å². The quantitative estimate of drug-likeness (QED) is 0.0521. The van der Waals surface area contributed by atoms with Crippen molar-refractivity contribution < 1.29 is 42.8 Å². The Kier molecular flexibility index (Phi) is 14.5. The summed E-state index contributed by atoms with van der Waals surface area (Å²) in [5.41, 5.74) is 3.61. The number of hydrogen-bond donors (Lipinski definition) is 4. The maximum Gasteiger partial charge on any atom is 0.243 e. The Morgan fingerprint density at radius 3 is 2.43 bits per heavy atom. The maximum absolute atomic E-state index is 15.1. The number of fused-ring (bicyclic) bond motifs is 2. The number of unbranched alkanes of at least 4 members (excludes halogenated alkanes) is 2. The Labute approximate surface area is 342 Å². The predicted molar refractivity (Wildman–Crippen MR) is 223 cm³/mol. The number of carbonyl (C=O) groups is 1. The standard InChI is InChI=1S/C45H57N3O9S/c1-4-23-48(58(53,54)36-20-17-34(18-21-36)46-31(3)51)42-29-40(47-56-30-32-13-7-6-8-14-32)38-27-33(15-9-11-24-49)37(16-10-12-25-50)43-39-28-35(52)19-22-41(39)57-45(42,44(38)43)55-26-5-2/h5-8,13-14,17-22,27-28,33,37,42-44,49-50,52H,2,4,9-12,15-16,23-26,29-30H2,1,3H3,(H,46,51). The number of benzene rings is 3. The number of oxime groups is 1. The third-order valence-corrected chi connectivity index (χ3v) is 13.4. The van der Waals surface area contributed by atoms with Crippen LogP contribution in [-0.4, -0.2) is 77.9 Å². The van der Waals surface area contributed by atoms with Gasteiger partial charge >= 0.3 is 0 Å². The molecule has 1 fully saturated rings. The van der Waals surface area contributed by atoms with E-state index in [2.05, 4.69) is 18.0 Å². The molecule has 312 valence electrons. The molecule has 6 rings (SSSR count). The molecule has 0 saturated heterocycles. The molecule has 3 aliphatic rings. The van der Waals surface area contributed by atoms with E-state index in [1.807, 2.05) is 37.3 Å². The molecule has 0 spiro atoms. The second kappa shape index (κ2) is 19.5. The number of rotatable bonds is 20. The van der Waals surface area contributed by atoms with Crippen molar-refractivity contribution in [1.29, 1.82) is 0 Å². The normalized spacial score (nSPS) is 24.3. The summed E-state index contributed by atoms with van der Waals surface area (Å²) in [6.07, 6.45) is 8.74. The van der Waals surface area contributed by atoms with Crippen LogP contribution in [-0.2, 0) is 31.0 Å². The van der Waals surface area contributed by atoms with Gasteiger partial charge in [0.25, 0.3) is 0 Å². The third kappa shape index (κ3) is 9.19. The van der Waals surface area contributed by atoms with Gasteiger partial charge in [0.2, 0.25) is 21.7 Å². The maximum atomic E-state index is 15.1. The van der Waals surface area contributed by atoms with Crippen LogP contribution in [0.15, 0.2) is 107 Å². The first kappa shape index (κ1) is 43.1. The summed E-state index contributed by atoms with van der Waals surface area (Å²) in [5, 5.41) is 38.2. The van der Waals surface area contributed by atoms with Crippen LogP contribution in [0.2, 0.25) is 0 Å². The van der Waals surface area contributed by atoms with E-state index in [4.69, 9.17) is 19.5 Å². The van der Waals surface area contributed by atoms with Crippen LogP contribution in [0.4, 0.5) is 5.69 Å². The summed E-state index contributed by atoms with van der Waals surface area (Å²) < 4.78 is 45.7. The van der Waals surface area contributed by atoms with Gasteiger partial charge < -0.3 is 34.9 Å². The lowest BCUT2D eigenvalue weighted by molar-refractivity contribution is -0.251. The fraction of sp³-hybridized carbons (Fsp3) is 0.467. The molecule has 0 aromatic heterocycles. The monoisotopic (exact) mass is 815 g/mol. The molecule has 3 aromatic rings. The molecular weight excluding hydrogens is 759 g/mol. The summed E-state index contributed by atoms with van der Waals surface area (Å²) in [6.45, 7) is 7.78. The first-order valence-corrected chi connectivity index (χ1v) is 21.8. The lowest BCUT2D eigenvalue weighted by Gasteiger charge is -2.59. The molecule has 1 amide bonds. The van der Waals surface area contributed by atoms with E-state index in [1.165, 1.54) is 23.4 Å². The molecule has 12 nitrogen and oxygen atoms in total. The van der Waals surface area contributed by atoms with E-state index in [-0.39, 0.29) is 73.7 Å². The van der Waals surface area contributed by atoms with Crippen molar-refractivity contribution in [3.05, 3.63) is 108 Å². The van der Waals surface area contributed by atoms with Gasteiger partial charge in [-0.3, -0.25) is 4.79 Å². The van der Waals surface area contributed by atoms with Gasteiger partial charge in [-0.15, -0.1) is 6.58 Å². The lowest BCUT2D eigenvalue weighted by Crippen LogP contribution is -2.70. The van der Waals surface area contributed by atoms with Crippen molar-refractivity contribution in [3.8, 4) is 11.5 Å². The molecule has 3 aromatic carbocycles. The first-order chi connectivity index (χ1) is 28.1. The average Bonchev–Trinajstić information content (AvgIpc) is 3.21. The van der Waals surface area contributed by atoms with Gasteiger partial charge in [0.15, 0.2) is 0 Å². The minimum atomic E-state index is -4.25. The molecule has 6 atom stereocenters. The number of allylic oxidation sites excluding steroid dienone is 1. The number of aliphatic hydroxyl groups is 2. The van der Waals surface area contributed by atoms with Gasteiger partial charge in [0, 0.05) is 50.3 Å². The minimum absolute atomic E-state index is 0.0142. The van der Waals surface area contributed by atoms with Gasteiger partial charge in [-0.2, -0.15) is 4.31 Å². The zero-order valence-corrected chi connectivity index (χ0v) is 34.3. The van der Waals surface area contributed by atoms with Crippen LogP contribution < -0.4 is 10.1 Å². The highest BCUT2D eigenvalue weighted by Gasteiger charge is 2.66. The van der Waals surface area contributed by atoms with Gasteiger partial charge in [0.05, 0.1) is 29.2 Å². The average molecular weight is 816 g/mol. The number of sulfonamides is 1. The largest absolute Gasteiger partial charge is 0.508 e. The summed E-state index contributed by atoms with van der Waals surface area (Å²) in [5.74, 6) is -2.24. The number of amides is 1. The van der Waals surface area contributed by atoms with E-state index in [9.17, 15) is 20.1 Å². The van der Waals surface area contributed by atoms with E-state index < -0.39 is 27.8 Å². The van der Waals surface area contributed by atoms with Crippen LogP contribution >= 0.6 is 0 Å². The summed E-state index contributed by atoms with van der Waals surface area (Å²) >= 11 is 0. The number of hydrogen-bond acceptors (Lipinski definition) is 10. The fourth-order valence-electron chi connectivity index (χ4n) is 9.10. The third-order valence-electron chi connectivity index (χ3n) is 11.5. The van der Waals surface area contributed by atoms with E-state index in [0.29, 0.717) is 36.4 Å². The van der Waals surface area contributed by atoms with Crippen molar-refractivity contribution in [1.82, 2.24) is 4.31 Å². The van der Waals surface area contributed by atoms with Crippen LogP contribution in [0.3, 0.4) is 0 Å². The van der Waals surface area contributed by atoms with Gasteiger partial charge in [-0.25, -0.2) is 8.42 Å². The van der Waals surface area contributed by atoms with Crippen LogP contribution in [0.5, 0.6) is 11.5 Å². The number of nitrogens with zero attached hydrogens (tertiary/aromatic N) is 2. The molecule has 0 radical (unpaired) electrons. The molecule has 0 bridgehead atoms. The highest BCUT2D eigenvalue weighted by Crippen LogP contribution is 2.62. The second-order valence-corrected chi connectivity index (χ2v) is 17.3. The highest BCUT2D eigenvalue weighted by atomic mass is 32.2. The Balaban J connectivity index is 1.58. The minimum Gasteiger partial charge on any atom is -0.508 e. The van der Waals surface area contributed by atoms with Gasteiger partial charge in [0.1, 0.15) is 18.1 Å². The highest BCUT2D eigenvalue weighted by molar-refractivity contribution is 7.89. The molecular formula is C45H57N3O9S. The van der Waals surface area contributed by atoms with Crippen molar-refractivity contribution in [3.63, 3.8) is 0 Å². The second-order valence-electron chi connectivity index (χ2n) is 15.4. The molecule has 1 heterocycles. The fourth-order valence-corrected chi connectivity index (χ4v) is 10.8. The molecule has 6 unspecified atom stereocenters. The number of anilines is 1. The summed E-state index contributed by atoms with van der Waals surface area (Å²) in [6, 6.07) is 19.9. The van der Waals surface area contributed by atoms with Crippen LogP contribution in [0, 0.1) is 17.8 Å². The van der Waals surface area contributed by atoms with Crippen LogP contribution in [0.25, 0.3) is 0 Å². The van der Waals surface area contributed by atoms with Gasteiger partial charge in [-0.05, 0) is 97.5 Å². The molecule has 1 aliphatic heterocycles. The lowest BCUT2D eigenvalue weighted by atomic mass is 9.55. The Morgan fingerprint density at radius 1 is 1.03 bits per heavy atom. The molecule has 4 N–H and O–H groups in total. The molecule has 13 heteroatoms. The van der Waals surface area contributed by atoms with Crippen molar-refractivity contribution in [2.24, 2.45) is 22.9 Å². The van der Waals surface area contributed by atoms with Crippen LogP contribution in [0.1, 0.15) is 82.3 Å². The number of phenols is 1. The smallest absolute Gasteiger partial charge is 0.243 e. The van der Waals surface area contributed by atoms with E-state index in [1.54, 1.807) is 36.4 Å². The number of ether oxygens (including phenoxy) is 2. The number of phenolic OH excluding ortho intramolecular Hbond substituents is 1. The van der Waals surface area contributed by atoms with Crippen molar-refractivity contribution in [2.45, 2.75) is 94.5 Å². The number of aromatic hydroxyl groups is 1. The first-order valence-electron chi connectivity index (χ1n) is 20.4. The van der Waals surface area contributed by atoms with Gasteiger partial charge in [-0.1, -0.05) is 67.4 Å². The molecule has 2 aliphatic carbocycles. The Morgan fingerprint density at radius 2 is 1.76 bits per heavy atom. The predicted octanol–water partition coefficient (Wildman–Crippen LogP) is 7.29. The summed E-state index contributed by atoms with van der Waals surface area (Å²) in [4.78, 5) is 17.9. The molecule has 1 saturated carbocycles. The van der Waals surface area contributed by atoms with E-state index >= 15 is 8.42 Å². The number of nitrogens with one attached hydrogen (secondary N) is 1. The number of aliphatic hydroxyl groups excluding tert-OH is 2. The van der Waals surface area contributed by atoms with Crippen molar-refractivity contribution >= 4 is 27.3 Å².